The summed E-state index contributed by atoms with van der Waals surface area (Å²) >= 11 is 1.64. The van der Waals surface area contributed by atoms with Gasteiger partial charge in [0.15, 0.2) is 10.9 Å². The summed E-state index contributed by atoms with van der Waals surface area (Å²) < 4.78 is 7.40. The highest BCUT2D eigenvalue weighted by Crippen LogP contribution is 2.11. The number of nitrogens with zero attached hydrogens (tertiary/aromatic N) is 4. The van der Waals surface area contributed by atoms with Gasteiger partial charge in [-0.3, -0.25) is 9.30 Å². The Morgan fingerprint density at radius 1 is 1.39 bits per heavy atom. The zero-order valence-corrected chi connectivity index (χ0v) is 14.3. The highest BCUT2D eigenvalue weighted by molar-refractivity contribution is 7.15. The molecule has 3 rings (SSSR count). The van der Waals surface area contributed by atoms with Crippen LogP contribution in [0.2, 0.25) is 0 Å². The molecule has 0 atom stereocenters. The van der Waals surface area contributed by atoms with E-state index < -0.39 is 0 Å². The Kier molecular flexibility index (Phi) is 5.84. The maximum Gasteiger partial charge on any atom is 0.193 e. The standard InChI is InChI=1S/C15H24N6OS/c1-2-16-14(17-3-4-20-5-8-22-9-6-20)18-11-13-12-21-7-10-23-15(21)19-13/h7,10,12H,2-6,8-9,11H2,1H3,(H2,16,17,18). The molecule has 126 valence electrons. The number of ether oxygens (including phenoxy) is 1. The summed E-state index contributed by atoms with van der Waals surface area (Å²) in [4.78, 5) is 12.6. The minimum absolute atomic E-state index is 0.585. The van der Waals surface area contributed by atoms with Gasteiger partial charge in [0.05, 0.1) is 25.5 Å². The summed E-state index contributed by atoms with van der Waals surface area (Å²) in [5.74, 6) is 0.845. The minimum Gasteiger partial charge on any atom is -0.379 e. The van der Waals surface area contributed by atoms with E-state index in [0.29, 0.717) is 6.54 Å². The predicted molar refractivity (Wildman–Crippen MR) is 93.1 cm³/mol. The lowest BCUT2D eigenvalue weighted by atomic mass is 10.4. The zero-order chi connectivity index (χ0) is 15.9. The van der Waals surface area contributed by atoms with E-state index in [1.165, 1.54) is 0 Å². The number of fused-ring (bicyclic) bond motifs is 1. The largest absolute Gasteiger partial charge is 0.379 e. The van der Waals surface area contributed by atoms with Crippen molar-refractivity contribution < 1.29 is 4.74 Å². The first-order valence-corrected chi connectivity index (χ1v) is 8.96. The van der Waals surface area contributed by atoms with Crippen molar-refractivity contribution in [2.45, 2.75) is 13.5 Å². The van der Waals surface area contributed by atoms with Crippen LogP contribution in [-0.2, 0) is 11.3 Å². The summed E-state index contributed by atoms with van der Waals surface area (Å²) in [6.07, 6.45) is 4.05. The van der Waals surface area contributed by atoms with Crippen LogP contribution in [0, 0.1) is 0 Å². The van der Waals surface area contributed by atoms with Crippen LogP contribution >= 0.6 is 11.3 Å². The van der Waals surface area contributed by atoms with Crippen LogP contribution in [0.25, 0.3) is 4.96 Å². The normalized spacial score (nSPS) is 16.8. The Bertz CT molecular complexity index is 602. The predicted octanol–water partition coefficient (Wildman–Crippen LogP) is 0.783. The van der Waals surface area contributed by atoms with E-state index in [-0.39, 0.29) is 0 Å². The second-order valence-electron chi connectivity index (χ2n) is 5.40. The number of guanidine groups is 1. The molecule has 1 fully saturated rings. The molecule has 0 unspecified atom stereocenters. The fourth-order valence-electron chi connectivity index (χ4n) is 2.51. The lowest BCUT2D eigenvalue weighted by molar-refractivity contribution is 0.0389. The van der Waals surface area contributed by atoms with Gasteiger partial charge < -0.3 is 15.4 Å². The van der Waals surface area contributed by atoms with Crippen molar-refractivity contribution in [1.82, 2.24) is 24.9 Å². The van der Waals surface area contributed by atoms with Crippen LogP contribution in [0.4, 0.5) is 0 Å². The van der Waals surface area contributed by atoms with Crippen molar-refractivity contribution in [2.24, 2.45) is 4.99 Å². The van der Waals surface area contributed by atoms with Crippen molar-refractivity contribution >= 4 is 22.3 Å². The molecule has 7 nitrogen and oxygen atoms in total. The first-order valence-electron chi connectivity index (χ1n) is 8.08. The van der Waals surface area contributed by atoms with Crippen molar-refractivity contribution in [3.63, 3.8) is 0 Å². The molecule has 0 aliphatic carbocycles. The summed E-state index contributed by atoms with van der Waals surface area (Å²) in [5, 5.41) is 8.71. The molecule has 0 bridgehead atoms. The van der Waals surface area contributed by atoms with Gasteiger partial charge in [0, 0.05) is 50.5 Å². The highest BCUT2D eigenvalue weighted by atomic mass is 32.1. The molecule has 2 aromatic rings. The summed E-state index contributed by atoms with van der Waals surface area (Å²) in [6, 6.07) is 0. The summed E-state index contributed by atoms with van der Waals surface area (Å²) in [5.41, 5.74) is 0.988. The number of hydrogen-bond donors (Lipinski definition) is 2. The molecule has 8 heteroatoms. The van der Waals surface area contributed by atoms with Crippen LogP contribution in [0.15, 0.2) is 22.8 Å². The number of imidazole rings is 1. The highest BCUT2D eigenvalue weighted by Gasteiger charge is 2.09. The maximum atomic E-state index is 5.37. The third-order valence-corrected chi connectivity index (χ3v) is 4.48. The molecule has 0 spiro atoms. The van der Waals surface area contributed by atoms with Crippen LogP contribution in [0.5, 0.6) is 0 Å². The van der Waals surface area contributed by atoms with Gasteiger partial charge in [-0.25, -0.2) is 9.98 Å². The smallest absolute Gasteiger partial charge is 0.193 e. The van der Waals surface area contributed by atoms with E-state index in [1.807, 2.05) is 22.2 Å². The van der Waals surface area contributed by atoms with E-state index >= 15 is 0 Å². The molecule has 0 radical (unpaired) electrons. The minimum atomic E-state index is 0.585. The Morgan fingerprint density at radius 3 is 3.04 bits per heavy atom. The van der Waals surface area contributed by atoms with Gasteiger partial charge >= 0.3 is 0 Å². The number of aliphatic imine (C=N–C) groups is 1. The van der Waals surface area contributed by atoms with Crippen LogP contribution < -0.4 is 10.6 Å². The summed E-state index contributed by atoms with van der Waals surface area (Å²) in [7, 11) is 0. The number of morpholine rings is 1. The third-order valence-electron chi connectivity index (χ3n) is 3.71. The van der Waals surface area contributed by atoms with Gasteiger partial charge in [-0.05, 0) is 6.92 Å². The second-order valence-corrected chi connectivity index (χ2v) is 6.27. The number of thiazole rings is 1. The van der Waals surface area contributed by atoms with Gasteiger partial charge in [-0.1, -0.05) is 0 Å². The van der Waals surface area contributed by atoms with Crippen LogP contribution in [-0.4, -0.2) is 66.2 Å². The number of aromatic nitrogens is 2. The molecule has 2 N–H and O–H groups in total. The number of nitrogens with one attached hydrogen (secondary N) is 2. The molecule has 23 heavy (non-hydrogen) atoms. The molecule has 0 saturated carbocycles. The first kappa shape index (κ1) is 16.2. The summed E-state index contributed by atoms with van der Waals surface area (Å²) in [6.45, 7) is 9.10. The van der Waals surface area contributed by atoms with Gasteiger partial charge in [-0.15, -0.1) is 11.3 Å². The van der Waals surface area contributed by atoms with E-state index in [0.717, 1.165) is 62.6 Å². The average Bonchev–Trinajstić information content (AvgIpc) is 3.15. The first-order chi connectivity index (χ1) is 11.3. The molecule has 1 aliphatic heterocycles. The quantitative estimate of drug-likeness (QED) is 0.603. The van der Waals surface area contributed by atoms with E-state index in [1.54, 1.807) is 11.3 Å². The Labute approximate surface area is 140 Å². The lowest BCUT2D eigenvalue weighted by Crippen LogP contribution is -2.44. The molecule has 2 aromatic heterocycles. The van der Waals surface area contributed by atoms with Gasteiger partial charge in [0.2, 0.25) is 0 Å². The second kappa shape index (κ2) is 8.28. The van der Waals surface area contributed by atoms with Crippen molar-refractivity contribution in [2.75, 3.05) is 45.9 Å². The molecule has 0 amide bonds. The molecular formula is C15H24N6OS. The fraction of sp³-hybridized carbons (Fsp3) is 0.600. The SMILES string of the molecule is CCNC(=NCc1cn2ccsc2n1)NCCN1CCOCC1. The third kappa shape index (κ3) is 4.66. The number of hydrogen-bond acceptors (Lipinski definition) is 5. The van der Waals surface area contributed by atoms with Crippen molar-refractivity contribution in [3.05, 3.63) is 23.5 Å². The van der Waals surface area contributed by atoms with Crippen LogP contribution in [0.3, 0.4) is 0 Å². The van der Waals surface area contributed by atoms with E-state index in [4.69, 9.17) is 4.74 Å². The molecular weight excluding hydrogens is 312 g/mol. The Morgan fingerprint density at radius 2 is 2.26 bits per heavy atom. The van der Waals surface area contributed by atoms with Crippen molar-refractivity contribution in [1.29, 1.82) is 0 Å². The Hall–Kier alpha value is -1.64. The topological polar surface area (TPSA) is 66.2 Å². The Balaban J connectivity index is 1.49. The van der Waals surface area contributed by atoms with E-state index in [2.05, 4.69) is 32.4 Å². The lowest BCUT2D eigenvalue weighted by Gasteiger charge is -2.26. The van der Waals surface area contributed by atoms with Crippen molar-refractivity contribution in [3.8, 4) is 0 Å². The maximum absolute atomic E-state index is 5.37. The fourth-order valence-corrected chi connectivity index (χ4v) is 3.23. The zero-order valence-electron chi connectivity index (χ0n) is 13.5. The van der Waals surface area contributed by atoms with Gasteiger partial charge in [0.1, 0.15) is 0 Å². The molecule has 1 aliphatic rings. The monoisotopic (exact) mass is 336 g/mol. The molecule has 0 aromatic carbocycles. The molecule has 3 heterocycles. The molecule has 1 saturated heterocycles. The number of rotatable bonds is 6. The van der Waals surface area contributed by atoms with Crippen LogP contribution in [0.1, 0.15) is 12.6 Å². The van der Waals surface area contributed by atoms with Gasteiger partial charge in [0.25, 0.3) is 0 Å². The van der Waals surface area contributed by atoms with E-state index in [9.17, 15) is 0 Å². The average molecular weight is 336 g/mol. The van der Waals surface area contributed by atoms with Gasteiger partial charge in [-0.2, -0.15) is 0 Å².